The molecule has 3 N–H and O–H groups in total. The van der Waals surface area contributed by atoms with Gasteiger partial charge in [0.05, 0.1) is 23.5 Å². The maximum Gasteiger partial charge on any atom is 0.337 e. The number of aliphatic hydroxyl groups is 1. The Morgan fingerprint density at radius 1 is 0.932 bits per heavy atom. The Morgan fingerprint density at radius 2 is 1.41 bits per heavy atom. The number of fused-ring (bicyclic) bond motifs is 2. The predicted octanol–water partition coefficient (Wildman–Crippen LogP) is 2.32. The fraction of sp³-hybridized carbons (Fsp3) is 0.483. The predicted molar refractivity (Wildman–Crippen MR) is 162 cm³/mol. The lowest BCUT2D eigenvalue weighted by Gasteiger charge is -2.05. The molecule has 0 saturated heterocycles. The van der Waals surface area contributed by atoms with Crippen molar-refractivity contribution < 1.29 is 22.9 Å². The highest BCUT2D eigenvalue weighted by atomic mass is 32.2. The second kappa shape index (κ2) is 15.9. The van der Waals surface area contributed by atoms with Crippen molar-refractivity contribution >= 4 is 33.0 Å². The molecule has 2 aliphatic carbocycles. The van der Waals surface area contributed by atoms with Gasteiger partial charge in [-0.25, -0.2) is 9.59 Å². The van der Waals surface area contributed by atoms with Crippen LogP contribution in [-0.2, 0) is 23.6 Å². The van der Waals surface area contributed by atoms with Crippen molar-refractivity contribution in [3.63, 3.8) is 0 Å². The highest BCUT2D eigenvalue weighted by Crippen LogP contribution is 2.29. The van der Waals surface area contributed by atoms with Crippen LogP contribution in [0.2, 0.25) is 0 Å². The van der Waals surface area contributed by atoms with Crippen LogP contribution < -0.4 is 27.1 Å². The molecule has 15 heteroatoms. The molecule has 0 bridgehead atoms. The van der Waals surface area contributed by atoms with E-state index in [0.717, 1.165) is 12.8 Å². The Morgan fingerprint density at radius 3 is 1.82 bits per heavy atom. The van der Waals surface area contributed by atoms with Gasteiger partial charge in [-0.2, -0.15) is 15.2 Å². The number of aromatic nitrogens is 4. The summed E-state index contributed by atoms with van der Waals surface area (Å²) in [5.41, 5.74) is -0.678. The molecule has 0 radical (unpaired) electrons. The van der Waals surface area contributed by atoms with Crippen molar-refractivity contribution in [2.75, 3.05) is 19.5 Å². The normalized spacial score (nSPS) is 14.2. The van der Waals surface area contributed by atoms with E-state index in [-0.39, 0.29) is 33.5 Å². The van der Waals surface area contributed by atoms with Crippen LogP contribution in [0.25, 0.3) is 22.2 Å². The second-order valence-electron chi connectivity index (χ2n) is 10.0. The largest absolute Gasteiger partial charge is 0.464 e. The first-order chi connectivity index (χ1) is 21.0. The number of hydrogen-bond donors (Lipinski definition) is 3. The first kappa shape index (κ1) is 34.1. The van der Waals surface area contributed by atoms with Gasteiger partial charge in [-0.15, -0.1) is 0 Å². The van der Waals surface area contributed by atoms with Crippen LogP contribution in [0.4, 0.5) is 0 Å². The lowest BCUT2D eigenvalue weighted by atomic mass is 10.1. The number of hydrogen-bond acceptors (Lipinski definition) is 12. The van der Waals surface area contributed by atoms with Crippen LogP contribution in [0, 0.1) is 23.2 Å². The molecule has 2 fully saturated rings. The first-order valence-corrected chi connectivity index (χ1v) is 15.6. The van der Waals surface area contributed by atoms with E-state index in [0.29, 0.717) is 54.4 Å². The minimum atomic E-state index is -1.44. The summed E-state index contributed by atoms with van der Waals surface area (Å²) in [6.45, 7) is 6.07. The van der Waals surface area contributed by atoms with Crippen molar-refractivity contribution in [1.29, 1.82) is 5.26 Å². The molecule has 1 atom stereocenters. The average molecular weight is 630 g/mol. The number of nitrogens with zero attached hydrogens (tertiary/aromatic N) is 3. The molecule has 236 valence electrons. The molecule has 2 aliphatic rings. The molecule has 4 aromatic rings. The number of nitrogens with one attached hydrogen (secondary N) is 2. The van der Waals surface area contributed by atoms with Crippen molar-refractivity contribution in [1.82, 2.24) is 19.9 Å². The van der Waals surface area contributed by atoms with Gasteiger partial charge >= 0.3 is 11.3 Å². The number of aliphatic hydroxyl groups excluding tert-OH is 1. The van der Waals surface area contributed by atoms with Crippen LogP contribution in [-0.4, -0.2) is 48.7 Å². The molecule has 1 unspecified atom stereocenters. The topological polar surface area (TPSA) is 222 Å². The van der Waals surface area contributed by atoms with Gasteiger partial charge in [0.2, 0.25) is 16.6 Å². The van der Waals surface area contributed by atoms with Gasteiger partial charge in [0.1, 0.15) is 10.8 Å². The molecule has 2 saturated carbocycles. The number of rotatable bonds is 7. The van der Waals surface area contributed by atoms with Gasteiger partial charge in [-0.3, -0.25) is 23.8 Å². The van der Waals surface area contributed by atoms with Gasteiger partial charge < -0.3 is 18.7 Å². The van der Waals surface area contributed by atoms with Crippen LogP contribution in [0.3, 0.4) is 0 Å². The van der Waals surface area contributed by atoms with Gasteiger partial charge in [0.15, 0.2) is 0 Å². The number of ether oxygens (including phenoxy) is 1. The highest BCUT2D eigenvalue weighted by molar-refractivity contribution is 7.84. The smallest absolute Gasteiger partial charge is 0.337 e. The molecule has 6 rings (SSSR count). The number of H-pyrrole nitrogens is 2. The molecule has 0 aromatic carbocycles. The molecule has 0 spiro atoms. The van der Waals surface area contributed by atoms with E-state index >= 15 is 0 Å². The summed E-state index contributed by atoms with van der Waals surface area (Å²) >= 11 is 0. The molecule has 0 aliphatic heterocycles. The summed E-state index contributed by atoms with van der Waals surface area (Å²) in [7, 11) is -1.44. The number of nitriles is 1. The Bertz CT molecular complexity index is 1900. The lowest BCUT2D eigenvalue weighted by molar-refractivity contribution is 0.275. The van der Waals surface area contributed by atoms with E-state index in [9.17, 15) is 23.4 Å². The SMILES string of the molecule is CC#N.CCc1cc(=O)oc2nc(OCC3CC3)[nH]c(=O)c12.CCc1cc(=O)oc2nc(S(C)=O)[nH]c(=O)c12.OCC1CC1. The van der Waals surface area contributed by atoms with Gasteiger partial charge in [-0.05, 0) is 61.5 Å². The zero-order valence-corrected chi connectivity index (χ0v) is 25.7. The molecule has 44 heavy (non-hydrogen) atoms. The third-order valence-corrected chi connectivity index (χ3v) is 7.23. The van der Waals surface area contributed by atoms with E-state index in [1.807, 2.05) is 13.8 Å². The van der Waals surface area contributed by atoms with Crippen molar-refractivity contribution in [2.24, 2.45) is 11.8 Å². The zero-order chi connectivity index (χ0) is 32.4. The highest BCUT2D eigenvalue weighted by Gasteiger charge is 2.23. The van der Waals surface area contributed by atoms with Crippen molar-refractivity contribution in [3.8, 4) is 12.1 Å². The summed E-state index contributed by atoms with van der Waals surface area (Å²) < 4.78 is 26.5. The lowest BCUT2D eigenvalue weighted by Crippen LogP contribution is -2.16. The third kappa shape index (κ3) is 9.55. The summed E-state index contributed by atoms with van der Waals surface area (Å²) in [5, 5.41) is 16.1. The van der Waals surface area contributed by atoms with E-state index in [1.54, 1.807) is 6.07 Å². The number of aryl methyl sites for hydroxylation is 2. The summed E-state index contributed by atoms with van der Waals surface area (Å²) in [4.78, 5) is 59.4. The van der Waals surface area contributed by atoms with Crippen LogP contribution >= 0.6 is 0 Å². The Hall–Kier alpha value is -4.42. The Labute approximate surface area is 253 Å². The van der Waals surface area contributed by atoms with Crippen LogP contribution in [0.5, 0.6) is 6.01 Å². The standard InChI is InChI=1S/C13H14N2O4.C10H10N2O4S.C4H8O.C2H3N/c1-2-8-5-9(16)19-12-10(8)11(17)14-13(15-12)18-6-7-3-4-7;1-3-5-4-6(13)16-9-7(5)8(14)11-10(12-9)17(2)15;5-3-4-1-2-4;1-2-3/h5,7H,2-4,6H2,1H3,(H,14,15,17);4H,3H2,1-2H3,(H,11,12,14);4-5H,1-3H2;1H3. The third-order valence-electron chi connectivity index (χ3n) is 6.49. The second-order valence-corrected chi connectivity index (χ2v) is 11.3. The molecular weight excluding hydrogens is 594 g/mol. The maximum atomic E-state index is 12.0. The summed E-state index contributed by atoms with van der Waals surface area (Å²) in [6, 6.07) is 4.45. The zero-order valence-electron chi connectivity index (χ0n) is 24.9. The molecule has 4 heterocycles. The van der Waals surface area contributed by atoms with Crippen LogP contribution in [0.1, 0.15) is 57.6 Å². The van der Waals surface area contributed by atoms with E-state index < -0.39 is 27.6 Å². The van der Waals surface area contributed by atoms with Crippen molar-refractivity contribution in [3.05, 3.63) is 64.8 Å². The fourth-order valence-electron chi connectivity index (χ4n) is 3.80. The number of aromatic amines is 2. The maximum absolute atomic E-state index is 12.0. The van der Waals surface area contributed by atoms with E-state index in [2.05, 4.69) is 19.9 Å². The van der Waals surface area contributed by atoms with E-state index in [1.165, 1.54) is 38.2 Å². The molecular formula is C29H35N5O9S. The van der Waals surface area contributed by atoms with Crippen LogP contribution in [0.15, 0.2) is 45.3 Å². The van der Waals surface area contributed by atoms with Gasteiger partial charge in [0, 0.05) is 31.9 Å². The van der Waals surface area contributed by atoms with Gasteiger partial charge in [0.25, 0.3) is 17.1 Å². The van der Waals surface area contributed by atoms with E-state index in [4.69, 9.17) is 23.9 Å². The fourth-order valence-corrected chi connectivity index (χ4v) is 4.25. The molecule has 4 aromatic heterocycles. The minimum absolute atomic E-state index is 0.00102. The Kier molecular flexibility index (Phi) is 12.3. The summed E-state index contributed by atoms with van der Waals surface area (Å²) in [6.07, 6.45) is 7.27. The minimum Gasteiger partial charge on any atom is -0.464 e. The quantitative estimate of drug-likeness (QED) is 0.251. The average Bonchev–Trinajstić information content (AvgIpc) is 3.91. The summed E-state index contributed by atoms with van der Waals surface area (Å²) in [5.74, 6) is 1.24. The molecule has 0 amide bonds. The monoisotopic (exact) mass is 629 g/mol. The Balaban J connectivity index is 0.000000194. The molecule has 14 nitrogen and oxygen atoms in total. The first-order valence-electron chi connectivity index (χ1n) is 14.1. The van der Waals surface area contributed by atoms with Gasteiger partial charge in [-0.1, -0.05) is 13.8 Å². The van der Waals surface area contributed by atoms with Crippen molar-refractivity contribution in [2.45, 2.75) is 64.5 Å².